The monoisotopic (exact) mass is 210 g/mol. The van der Waals surface area contributed by atoms with Crippen LogP contribution in [0.15, 0.2) is 12.7 Å². The van der Waals surface area contributed by atoms with E-state index in [4.69, 9.17) is 4.89 Å². The van der Waals surface area contributed by atoms with Crippen molar-refractivity contribution >= 4 is 13.8 Å². The molecule has 0 saturated carbocycles. The van der Waals surface area contributed by atoms with E-state index >= 15 is 0 Å². The number of hydrogen-bond acceptors (Lipinski definition) is 5. The van der Waals surface area contributed by atoms with Crippen molar-refractivity contribution in [2.24, 2.45) is 0 Å². The SMILES string of the molecule is C=CC(=O)OOP(=O)(O)OC(C)C. The highest BCUT2D eigenvalue weighted by Gasteiger charge is 2.25. The quantitative estimate of drug-likeness (QED) is 0.317. The van der Waals surface area contributed by atoms with E-state index in [9.17, 15) is 9.36 Å². The molecule has 0 aromatic rings. The van der Waals surface area contributed by atoms with Gasteiger partial charge in [-0.15, -0.1) is 0 Å². The first-order valence-corrected chi connectivity index (χ1v) is 4.91. The normalized spacial score (nSPS) is 15.1. The Morgan fingerprint density at radius 2 is 2.15 bits per heavy atom. The largest absolute Gasteiger partial charge is 0.508 e. The third-order valence-corrected chi connectivity index (χ3v) is 1.68. The maximum absolute atomic E-state index is 10.8. The molecule has 0 radical (unpaired) electrons. The van der Waals surface area contributed by atoms with E-state index in [1.165, 1.54) is 13.8 Å². The molecule has 0 aliphatic rings. The van der Waals surface area contributed by atoms with E-state index in [2.05, 4.69) is 20.7 Å². The third-order valence-electron chi connectivity index (χ3n) is 0.724. The molecular weight excluding hydrogens is 199 g/mol. The van der Waals surface area contributed by atoms with E-state index in [-0.39, 0.29) is 0 Å². The molecule has 0 fully saturated rings. The molecule has 0 aliphatic carbocycles. The molecule has 7 heteroatoms. The minimum atomic E-state index is -4.31. The van der Waals surface area contributed by atoms with Crippen LogP contribution >= 0.6 is 7.82 Å². The number of hydrogen-bond donors (Lipinski definition) is 1. The predicted molar refractivity (Wildman–Crippen MR) is 43.4 cm³/mol. The predicted octanol–water partition coefficient (Wildman–Crippen LogP) is 1.17. The molecule has 6 nitrogen and oxygen atoms in total. The Labute approximate surface area is 75.6 Å². The molecule has 1 unspecified atom stereocenters. The molecular formula is C6H11O6P. The Hall–Kier alpha value is -0.680. The van der Waals surface area contributed by atoms with Crippen LogP contribution in [-0.4, -0.2) is 17.0 Å². The van der Waals surface area contributed by atoms with Crippen LogP contribution in [-0.2, 0) is 23.4 Å². The summed E-state index contributed by atoms with van der Waals surface area (Å²) in [5, 5.41) is 0. The number of phosphoric acid groups is 1. The lowest BCUT2D eigenvalue weighted by Gasteiger charge is -2.11. The highest BCUT2D eigenvalue weighted by molar-refractivity contribution is 7.47. The number of carbonyl (C=O) groups is 1. The molecule has 0 aromatic carbocycles. The molecule has 0 bridgehead atoms. The van der Waals surface area contributed by atoms with Crippen LogP contribution < -0.4 is 0 Å². The second-order valence-corrected chi connectivity index (χ2v) is 3.60. The summed E-state index contributed by atoms with van der Waals surface area (Å²) >= 11 is 0. The summed E-state index contributed by atoms with van der Waals surface area (Å²) in [7, 11) is -4.31. The summed E-state index contributed by atoms with van der Waals surface area (Å²) in [6.07, 6.45) is 0.272. The van der Waals surface area contributed by atoms with Gasteiger partial charge in [0, 0.05) is 6.08 Å². The molecule has 1 N–H and O–H groups in total. The molecule has 0 aromatic heterocycles. The van der Waals surface area contributed by atoms with Crippen LogP contribution in [0.5, 0.6) is 0 Å². The van der Waals surface area contributed by atoms with E-state index in [1.807, 2.05) is 0 Å². The van der Waals surface area contributed by atoms with Gasteiger partial charge in [-0.1, -0.05) is 11.3 Å². The summed E-state index contributed by atoms with van der Waals surface area (Å²) in [6.45, 7) is 6.11. The highest BCUT2D eigenvalue weighted by Crippen LogP contribution is 2.44. The minimum absolute atomic E-state index is 0.515. The molecule has 0 amide bonds. The maximum atomic E-state index is 10.8. The third kappa shape index (κ3) is 6.48. The first-order valence-electron chi connectivity index (χ1n) is 3.41. The number of phosphoric ester groups is 1. The van der Waals surface area contributed by atoms with Crippen molar-refractivity contribution in [2.45, 2.75) is 20.0 Å². The molecule has 0 rings (SSSR count). The van der Waals surface area contributed by atoms with Crippen LogP contribution in [0.3, 0.4) is 0 Å². The summed E-state index contributed by atoms with van der Waals surface area (Å²) in [5.74, 6) is -0.971. The Kier molecular flexibility index (Phi) is 4.87. The zero-order chi connectivity index (χ0) is 10.5. The van der Waals surface area contributed by atoms with Gasteiger partial charge in [0.05, 0.1) is 6.10 Å². The van der Waals surface area contributed by atoms with Gasteiger partial charge in [-0.3, -0.25) is 9.41 Å². The maximum Gasteiger partial charge on any atom is 0.508 e. The Bertz CT molecular complexity index is 235. The number of carbonyl (C=O) groups excluding carboxylic acids is 1. The zero-order valence-electron chi connectivity index (χ0n) is 7.30. The molecule has 0 saturated heterocycles. The fraction of sp³-hybridized carbons (Fsp3) is 0.500. The number of rotatable bonds is 5. The van der Waals surface area contributed by atoms with Crippen LogP contribution in [0, 0.1) is 0 Å². The van der Waals surface area contributed by atoms with Gasteiger partial charge in [-0.05, 0) is 13.8 Å². The van der Waals surface area contributed by atoms with Crippen molar-refractivity contribution in [3.05, 3.63) is 12.7 Å². The first kappa shape index (κ1) is 12.3. The average Bonchev–Trinajstić information content (AvgIpc) is 1.98. The van der Waals surface area contributed by atoms with Crippen LogP contribution in [0.25, 0.3) is 0 Å². The Morgan fingerprint density at radius 3 is 2.54 bits per heavy atom. The average molecular weight is 210 g/mol. The van der Waals surface area contributed by atoms with Crippen molar-refractivity contribution in [3.8, 4) is 0 Å². The van der Waals surface area contributed by atoms with Crippen molar-refractivity contribution in [2.75, 3.05) is 0 Å². The molecule has 1 atom stereocenters. The van der Waals surface area contributed by atoms with Gasteiger partial charge in [0.2, 0.25) is 0 Å². The summed E-state index contributed by atoms with van der Waals surface area (Å²) in [5.41, 5.74) is 0. The topological polar surface area (TPSA) is 82.1 Å². The molecule has 0 heterocycles. The van der Waals surface area contributed by atoms with Crippen molar-refractivity contribution in [1.82, 2.24) is 0 Å². The molecule has 76 valence electrons. The van der Waals surface area contributed by atoms with E-state index in [0.29, 0.717) is 0 Å². The van der Waals surface area contributed by atoms with Gasteiger partial charge >= 0.3 is 13.8 Å². The summed E-state index contributed by atoms with van der Waals surface area (Å²) in [4.78, 5) is 23.1. The van der Waals surface area contributed by atoms with Gasteiger partial charge in [-0.25, -0.2) is 9.36 Å². The van der Waals surface area contributed by atoms with Crippen molar-refractivity contribution in [3.63, 3.8) is 0 Å². The fourth-order valence-electron chi connectivity index (χ4n) is 0.402. The van der Waals surface area contributed by atoms with E-state index < -0.39 is 19.9 Å². The molecule has 0 aliphatic heterocycles. The van der Waals surface area contributed by atoms with Gasteiger partial charge in [0.1, 0.15) is 0 Å². The summed E-state index contributed by atoms with van der Waals surface area (Å²) in [6, 6.07) is 0. The fourth-order valence-corrected chi connectivity index (χ4v) is 1.14. The Balaban J connectivity index is 3.96. The van der Waals surface area contributed by atoms with E-state index in [0.717, 1.165) is 6.08 Å². The van der Waals surface area contributed by atoms with Gasteiger partial charge in [0.25, 0.3) is 0 Å². The van der Waals surface area contributed by atoms with Gasteiger partial charge in [0.15, 0.2) is 0 Å². The lowest BCUT2D eigenvalue weighted by Crippen LogP contribution is -2.05. The molecule has 13 heavy (non-hydrogen) atoms. The standard InChI is InChI=1S/C6H11O6P/c1-4-6(7)10-12-13(8,9)11-5(2)3/h4-5H,1H2,2-3H3,(H,8,9). The van der Waals surface area contributed by atoms with E-state index in [1.54, 1.807) is 0 Å². The first-order chi connectivity index (χ1) is 5.87. The van der Waals surface area contributed by atoms with Crippen molar-refractivity contribution in [1.29, 1.82) is 0 Å². The van der Waals surface area contributed by atoms with Crippen molar-refractivity contribution < 1.29 is 28.3 Å². The van der Waals surface area contributed by atoms with Crippen LogP contribution in [0.2, 0.25) is 0 Å². The summed E-state index contributed by atoms with van der Waals surface area (Å²) < 4.78 is 19.1. The van der Waals surface area contributed by atoms with Gasteiger partial charge < -0.3 is 4.89 Å². The van der Waals surface area contributed by atoms with Gasteiger partial charge in [-0.2, -0.15) is 0 Å². The minimum Gasteiger partial charge on any atom is -0.300 e. The Morgan fingerprint density at radius 1 is 1.62 bits per heavy atom. The lowest BCUT2D eigenvalue weighted by atomic mass is 10.5. The smallest absolute Gasteiger partial charge is 0.300 e. The highest BCUT2D eigenvalue weighted by atomic mass is 31.2. The zero-order valence-corrected chi connectivity index (χ0v) is 8.19. The lowest BCUT2D eigenvalue weighted by molar-refractivity contribution is -0.218. The van der Waals surface area contributed by atoms with Crippen LogP contribution in [0.4, 0.5) is 0 Å². The second-order valence-electron chi connectivity index (χ2n) is 2.30. The second kappa shape index (κ2) is 5.14. The molecule has 0 spiro atoms. The van der Waals surface area contributed by atoms with Crippen LogP contribution in [0.1, 0.15) is 13.8 Å².